The molecule has 0 bridgehead atoms. The normalized spacial score (nSPS) is 11.2. The second-order valence-corrected chi connectivity index (χ2v) is 8.40. The van der Waals surface area contributed by atoms with E-state index in [0.29, 0.717) is 5.56 Å². The number of benzene rings is 1. The third-order valence-corrected chi connectivity index (χ3v) is 6.63. The second kappa shape index (κ2) is 6.51. The first kappa shape index (κ1) is 17.2. The number of primary amides is 1. The second-order valence-electron chi connectivity index (χ2n) is 4.84. The summed E-state index contributed by atoms with van der Waals surface area (Å²) in [6.45, 7) is 3.29. The molecule has 2 aromatic rings. The smallest absolute Gasteiger partial charge is 0.256 e. The third kappa shape index (κ3) is 3.59. The Hall–Kier alpha value is -2.19. The molecule has 0 aliphatic carbocycles. The molecule has 0 atom stereocenters. The number of sulfone groups is 1. The van der Waals surface area contributed by atoms with Gasteiger partial charge < -0.3 is 11.1 Å². The Morgan fingerprint density at radius 3 is 2.43 bits per heavy atom. The van der Waals surface area contributed by atoms with Gasteiger partial charge >= 0.3 is 0 Å². The minimum absolute atomic E-state index is 0.00823. The molecule has 6 nitrogen and oxygen atoms in total. The zero-order chi connectivity index (χ0) is 17.2. The number of rotatable bonds is 5. The van der Waals surface area contributed by atoms with Gasteiger partial charge in [-0.05, 0) is 24.6 Å². The number of nitrogens with two attached hydrogens (primary N) is 1. The topological polar surface area (TPSA) is 106 Å². The van der Waals surface area contributed by atoms with E-state index in [-0.39, 0.29) is 20.5 Å². The van der Waals surface area contributed by atoms with Crippen molar-refractivity contribution in [2.24, 2.45) is 5.73 Å². The first-order chi connectivity index (χ1) is 10.8. The average molecular weight is 352 g/mol. The highest BCUT2D eigenvalue weighted by molar-refractivity contribution is 7.93. The Morgan fingerprint density at radius 2 is 1.87 bits per heavy atom. The van der Waals surface area contributed by atoms with Crippen LogP contribution < -0.4 is 11.1 Å². The molecule has 23 heavy (non-hydrogen) atoms. The van der Waals surface area contributed by atoms with Gasteiger partial charge in [0.05, 0.1) is 11.3 Å². The number of hydrogen-bond acceptors (Lipinski definition) is 5. The maximum Gasteiger partial charge on any atom is 0.256 e. The highest BCUT2D eigenvalue weighted by atomic mass is 32.2. The number of carbonyl (C=O) groups is 2. The minimum atomic E-state index is -3.48. The Morgan fingerprint density at radius 1 is 1.22 bits per heavy atom. The Balaban J connectivity index is 2.42. The van der Waals surface area contributed by atoms with Gasteiger partial charge in [0, 0.05) is 5.56 Å². The van der Waals surface area contributed by atoms with Crippen molar-refractivity contribution in [2.75, 3.05) is 11.1 Å². The van der Waals surface area contributed by atoms with E-state index < -0.39 is 21.7 Å². The number of hydrogen-bond donors (Lipinski definition) is 2. The molecular formula is C15H16N2O4S2. The largest absolute Gasteiger partial charge is 0.366 e. The van der Waals surface area contributed by atoms with Gasteiger partial charge in [-0.15, -0.1) is 11.3 Å². The molecule has 0 saturated heterocycles. The molecule has 3 N–H and O–H groups in total. The Labute approximate surface area is 138 Å². The molecular weight excluding hydrogens is 336 g/mol. The Bertz CT molecular complexity index is 869. The number of nitrogens with one attached hydrogen (secondary N) is 1. The average Bonchev–Trinajstić information content (AvgIpc) is 2.92. The van der Waals surface area contributed by atoms with Gasteiger partial charge in [-0.25, -0.2) is 8.42 Å². The summed E-state index contributed by atoms with van der Waals surface area (Å²) < 4.78 is 23.9. The predicted molar refractivity (Wildman–Crippen MR) is 89.7 cm³/mol. The van der Waals surface area contributed by atoms with Crippen LogP contribution in [0.3, 0.4) is 0 Å². The summed E-state index contributed by atoms with van der Waals surface area (Å²) in [5.74, 6) is -1.32. The highest BCUT2D eigenvalue weighted by Crippen LogP contribution is 2.32. The molecule has 122 valence electrons. The fourth-order valence-electron chi connectivity index (χ4n) is 1.94. The summed E-state index contributed by atoms with van der Waals surface area (Å²) in [5.41, 5.74) is 6.48. The fourth-order valence-corrected chi connectivity index (χ4v) is 4.42. The molecule has 0 aliphatic heterocycles. The van der Waals surface area contributed by atoms with Crippen LogP contribution in [0.15, 0.2) is 34.5 Å². The van der Waals surface area contributed by atoms with Crippen LogP contribution in [0, 0.1) is 6.92 Å². The summed E-state index contributed by atoms with van der Waals surface area (Å²) in [7, 11) is -3.48. The van der Waals surface area contributed by atoms with Crippen LogP contribution in [0.4, 0.5) is 5.00 Å². The number of thiophene rings is 1. The molecule has 2 amide bonds. The summed E-state index contributed by atoms with van der Waals surface area (Å²) >= 11 is 0.827. The number of aryl methyl sites for hydroxylation is 1. The summed E-state index contributed by atoms with van der Waals surface area (Å²) in [6.07, 6.45) is 0. The van der Waals surface area contributed by atoms with Crippen LogP contribution in [-0.2, 0) is 9.84 Å². The molecule has 0 radical (unpaired) electrons. The van der Waals surface area contributed by atoms with Gasteiger partial charge in [0.1, 0.15) is 9.21 Å². The van der Waals surface area contributed by atoms with E-state index >= 15 is 0 Å². The van der Waals surface area contributed by atoms with E-state index in [0.717, 1.165) is 16.9 Å². The summed E-state index contributed by atoms with van der Waals surface area (Å²) in [5, 5.41) is 2.72. The van der Waals surface area contributed by atoms with Crippen LogP contribution in [0.2, 0.25) is 0 Å². The van der Waals surface area contributed by atoms with E-state index in [4.69, 9.17) is 5.73 Å². The van der Waals surface area contributed by atoms with Gasteiger partial charge in [0.15, 0.2) is 9.84 Å². The first-order valence-electron chi connectivity index (χ1n) is 6.79. The van der Waals surface area contributed by atoms with Crippen molar-refractivity contribution >= 4 is 38.0 Å². The van der Waals surface area contributed by atoms with Crippen molar-refractivity contribution in [1.82, 2.24) is 0 Å². The van der Waals surface area contributed by atoms with E-state index in [1.165, 1.54) is 13.0 Å². The van der Waals surface area contributed by atoms with Crippen LogP contribution >= 0.6 is 11.3 Å². The maximum absolute atomic E-state index is 12.3. The van der Waals surface area contributed by atoms with Crippen molar-refractivity contribution in [3.05, 3.63) is 47.0 Å². The first-order valence-corrected chi connectivity index (χ1v) is 9.26. The van der Waals surface area contributed by atoms with Crippen LogP contribution in [0.5, 0.6) is 0 Å². The molecule has 0 aliphatic rings. The lowest BCUT2D eigenvalue weighted by atomic mass is 10.1. The van der Waals surface area contributed by atoms with Crippen molar-refractivity contribution in [2.45, 2.75) is 18.1 Å². The van der Waals surface area contributed by atoms with E-state index in [9.17, 15) is 18.0 Å². The molecule has 1 aromatic carbocycles. The van der Waals surface area contributed by atoms with Gasteiger partial charge in [-0.1, -0.05) is 25.1 Å². The molecule has 8 heteroatoms. The standard InChI is InChI=1S/C15H16N2O4S2/c1-3-23(20,21)12-8-11(13(16)18)15(22-12)17-14(19)10-7-5-4-6-9(10)2/h4-8H,3H2,1-2H3,(H2,16,18)(H,17,19). The maximum atomic E-state index is 12.3. The Kier molecular flexibility index (Phi) is 4.86. The molecule has 2 rings (SSSR count). The number of anilines is 1. The van der Waals surface area contributed by atoms with Crippen molar-refractivity contribution in [1.29, 1.82) is 0 Å². The quantitative estimate of drug-likeness (QED) is 0.860. The van der Waals surface area contributed by atoms with Gasteiger partial charge in [0.25, 0.3) is 11.8 Å². The van der Waals surface area contributed by atoms with E-state index in [1.54, 1.807) is 31.2 Å². The molecule has 0 unspecified atom stereocenters. The summed E-state index contributed by atoms with van der Waals surface area (Å²) in [6, 6.07) is 8.16. The zero-order valence-corrected chi connectivity index (χ0v) is 14.3. The fraction of sp³-hybridized carbons (Fsp3) is 0.200. The lowest BCUT2D eigenvalue weighted by Gasteiger charge is -2.06. The lowest BCUT2D eigenvalue weighted by Crippen LogP contribution is -2.17. The van der Waals surface area contributed by atoms with E-state index in [2.05, 4.69) is 5.32 Å². The molecule has 1 heterocycles. The van der Waals surface area contributed by atoms with Gasteiger partial charge in [-0.3, -0.25) is 9.59 Å². The van der Waals surface area contributed by atoms with Crippen molar-refractivity contribution < 1.29 is 18.0 Å². The van der Waals surface area contributed by atoms with Crippen LogP contribution in [0.25, 0.3) is 0 Å². The molecule has 1 aromatic heterocycles. The monoisotopic (exact) mass is 352 g/mol. The van der Waals surface area contributed by atoms with Crippen molar-refractivity contribution in [3.8, 4) is 0 Å². The van der Waals surface area contributed by atoms with Gasteiger partial charge in [-0.2, -0.15) is 0 Å². The highest BCUT2D eigenvalue weighted by Gasteiger charge is 2.23. The zero-order valence-electron chi connectivity index (χ0n) is 12.6. The summed E-state index contributed by atoms with van der Waals surface area (Å²) in [4.78, 5) is 23.9. The predicted octanol–water partition coefficient (Wildman–Crippen LogP) is 2.20. The van der Waals surface area contributed by atoms with Crippen LogP contribution in [0.1, 0.15) is 33.2 Å². The van der Waals surface area contributed by atoms with E-state index in [1.807, 2.05) is 0 Å². The molecule has 0 fully saturated rings. The molecule has 0 saturated carbocycles. The third-order valence-electron chi connectivity index (χ3n) is 3.28. The number of amides is 2. The van der Waals surface area contributed by atoms with Crippen LogP contribution in [-0.4, -0.2) is 26.0 Å². The number of carbonyl (C=O) groups excluding carboxylic acids is 2. The SMILES string of the molecule is CCS(=O)(=O)c1cc(C(N)=O)c(NC(=O)c2ccccc2C)s1. The molecule has 0 spiro atoms. The lowest BCUT2D eigenvalue weighted by molar-refractivity contribution is 0.100. The van der Waals surface area contributed by atoms with Crippen molar-refractivity contribution in [3.63, 3.8) is 0 Å². The van der Waals surface area contributed by atoms with Gasteiger partial charge in [0.2, 0.25) is 0 Å². The minimum Gasteiger partial charge on any atom is -0.366 e.